The van der Waals surface area contributed by atoms with Crippen LogP contribution in [0, 0.1) is 6.92 Å². The number of nitrogens with zero attached hydrogens (tertiary/aromatic N) is 1. The molecule has 4 rings (SSSR count). The molecule has 0 unspecified atom stereocenters. The highest BCUT2D eigenvalue weighted by molar-refractivity contribution is 7.12. The summed E-state index contributed by atoms with van der Waals surface area (Å²) in [6.45, 7) is 2.19. The normalized spacial score (nSPS) is 10.5. The topological polar surface area (TPSA) is 77.2 Å². The average molecular weight is 460 g/mol. The predicted octanol–water partition coefficient (Wildman–Crippen LogP) is 6.09. The number of nitrogens with one attached hydrogen (secondary N) is 1. The number of aromatic nitrogens is 1. The summed E-state index contributed by atoms with van der Waals surface area (Å²) in [5, 5.41) is 6.27. The van der Waals surface area contributed by atoms with Crippen LogP contribution in [0.15, 0.2) is 60.0 Å². The lowest BCUT2D eigenvalue weighted by Gasteiger charge is -2.10. The Morgan fingerprint density at radius 2 is 1.93 bits per heavy atom. The van der Waals surface area contributed by atoms with Crippen molar-refractivity contribution in [2.24, 2.45) is 0 Å². The minimum Gasteiger partial charge on any atom is -0.489 e. The molecule has 30 heavy (non-hydrogen) atoms. The van der Waals surface area contributed by atoms with Crippen molar-refractivity contribution in [3.05, 3.63) is 81.1 Å². The van der Waals surface area contributed by atoms with Crippen LogP contribution in [-0.4, -0.2) is 10.9 Å². The standard InChI is InChI=1S/C22H18ClN3O2S.ClH/c1-13-10-19(24)18-11-16(4-7-20(18)25-13)26-22(27)21-14(8-9-29-21)12-28-17-5-2-15(23)3-6-17;/h2-11H,12H2,1H3,(H2,24,25)(H,26,27);1H. The van der Waals surface area contributed by atoms with Crippen molar-refractivity contribution in [1.82, 2.24) is 4.98 Å². The molecular formula is C22H19Cl2N3O2S. The summed E-state index contributed by atoms with van der Waals surface area (Å²) < 4.78 is 5.77. The summed E-state index contributed by atoms with van der Waals surface area (Å²) in [5.41, 5.74) is 9.88. The number of halogens is 2. The van der Waals surface area contributed by atoms with Gasteiger partial charge in [-0.3, -0.25) is 9.78 Å². The van der Waals surface area contributed by atoms with E-state index >= 15 is 0 Å². The van der Waals surface area contributed by atoms with Gasteiger partial charge in [-0.2, -0.15) is 0 Å². The third-order valence-electron chi connectivity index (χ3n) is 4.39. The van der Waals surface area contributed by atoms with E-state index in [0.29, 0.717) is 33.6 Å². The third kappa shape index (κ3) is 4.84. The van der Waals surface area contributed by atoms with Crippen LogP contribution in [0.25, 0.3) is 10.9 Å². The zero-order valence-electron chi connectivity index (χ0n) is 16.0. The first-order valence-electron chi connectivity index (χ1n) is 8.92. The number of pyridine rings is 1. The van der Waals surface area contributed by atoms with Gasteiger partial charge in [-0.05, 0) is 66.9 Å². The van der Waals surface area contributed by atoms with E-state index in [0.717, 1.165) is 22.2 Å². The number of amides is 1. The molecule has 0 fully saturated rings. The van der Waals surface area contributed by atoms with Gasteiger partial charge in [0, 0.05) is 33.0 Å². The van der Waals surface area contributed by atoms with Crippen molar-refractivity contribution in [3.63, 3.8) is 0 Å². The molecular weight excluding hydrogens is 441 g/mol. The largest absolute Gasteiger partial charge is 0.489 e. The number of thiophene rings is 1. The minimum atomic E-state index is -0.187. The molecule has 0 spiro atoms. The molecule has 8 heteroatoms. The van der Waals surface area contributed by atoms with Crippen LogP contribution in [0.4, 0.5) is 11.4 Å². The van der Waals surface area contributed by atoms with Gasteiger partial charge in [-0.15, -0.1) is 23.7 Å². The average Bonchev–Trinajstić information content (AvgIpc) is 3.17. The van der Waals surface area contributed by atoms with E-state index in [-0.39, 0.29) is 18.3 Å². The molecule has 0 aliphatic heterocycles. The fourth-order valence-corrected chi connectivity index (χ4v) is 3.93. The number of rotatable bonds is 5. The number of anilines is 2. The number of benzene rings is 2. The van der Waals surface area contributed by atoms with Crippen LogP contribution in [0.2, 0.25) is 5.02 Å². The Bertz CT molecular complexity index is 1190. The Kier molecular flexibility index (Phi) is 6.82. The Balaban J connectivity index is 0.00000256. The van der Waals surface area contributed by atoms with Gasteiger partial charge in [0.05, 0.1) is 10.4 Å². The maximum Gasteiger partial charge on any atom is 0.266 e. The Hall–Kier alpha value is -2.80. The maximum atomic E-state index is 12.8. The molecule has 0 aliphatic carbocycles. The van der Waals surface area contributed by atoms with Crippen molar-refractivity contribution in [3.8, 4) is 5.75 Å². The fourth-order valence-electron chi connectivity index (χ4n) is 3.00. The first-order valence-corrected chi connectivity index (χ1v) is 10.2. The highest BCUT2D eigenvalue weighted by atomic mass is 35.5. The highest BCUT2D eigenvalue weighted by Crippen LogP contribution is 2.26. The summed E-state index contributed by atoms with van der Waals surface area (Å²) in [4.78, 5) is 17.9. The van der Waals surface area contributed by atoms with Gasteiger partial charge in [-0.1, -0.05) is 11.6 Å². The zero-order chi connectivity index (χ0) is 20.4. The molecule has 2 aromatic heterocycles. The molecule has 0 radical (unpaired) electrons. The van der Waals surface area contributed by atoms with E-state index in [1.165, 1.54) is 11.3 Å². The molecule has 0 saturated carbocycles. The van der Waals surface area contributed by atoms with Gasteiger partial charge >= 0.3 is 0 Å². The number of aryl methyl sites for hydroxylation is 1. The quantitative estimate of drug-likeness (QED) is 0.378. The van der Waals surface area contributed by atoms with E-state index < -0.39 is 0 Å². The summed E-state index contributed by atoms with van der Waals surface area (Å²) >= 11 is 7.26. The molecule has 0 saturated heterocycles. The van der Waals surface area contributed by atoms with Crippen LogP contribution in [0.5, 0.6) is 5.75 Å². The summed E-state index contributed by atoms with van der Waals surface area (Å²) in [7, 11) is 0. The van der Waals surface area contributed by atoms with Gasteiger partial charge in [0.1, 0.15) is 12.4 Å². The Morgan fingerprint density at radius 1 is 1.17 bits per heavy atom. The minimum absolute atomic E-state index is 0. The van der Waals surface area contributed by atoms with Gasteiger partial charge in [0.25, 0.3) is 5.91 Å². The molecule has 5 nitrogen and oxygen atoms in total. The predicted molar refractivity (Wildman–Crippen MR) is 126 cm³/mol. The van der Waals surface area contributed by atoms with E-state index in [2.05, 4.69) is 10.3 Å². The molecule has 2 heterocycles. The number of nitrogens with two attached hydrogens (primary N) is 1. The van der Waals surface area contributed by atoms with Crippen molar-refractivity contribution in [1.29, 1.82) is 0 Å². The molecule has 0 aliphatic rings. The van der Waals surface area contributed by atoms with Crippen LogP contribution < -0.4 is 15.8 Å². The van der Waals surface area contributed by atoms with Crippen LogP contribution >= 0.6 is 35.3 Å². The molecule has 3 N–H and O–H groups in total. The number of hydrogen-bond acceptors (Lipinski definition) is 5. The number of hydrogen-bond donors (Lipinski definition) is 2. The monoisotopic (exact) mass is 459 g/mol. The van der Waals surface area contributed by atoms with Crippen molar-refractivity contribution in [2.75, 3.05) is 11.1 Å². The molecule has 0 bridgehead atoms. The number of ether oxygens (including phenoxy) is 1. The van der Waals surface area contributed by atoms with Gasteiger partial charge in [0.15, 0.2) is 0 Å². The lowest BCUT2D eigenvalue weighted by atomic mass is 10.1. The number of carbonyl (C=O) groups is 1. The lowest BCUT2D eigenvalue weighted by Crippen LogP contribution is -2.13. The van der Waals surface area contributed by atoms with E-state index in [4.69, 9.17) is 22.1 Å². The second kappa shape index (κ2) is 9.34. The van der Waals surface area contributed by atoms with Crippen LogP contribution in [-0.2, 0) is 6.61 Å². The number of nitrogen functional groups attached to an aromatic ring is 1. The second-order valence-electron chi connectivity index (χ2n) is 6.56. The van der Waals surface area contributed by atoms with E-state index in [9.17, 15) is 4.79 Å². The van der Waals surface area contributed by atoms with Gasteiger partial charge < -0.3 is 15.8 Å². The van der Waals surface area contributed by atoms with E-state index in [1.54, 1.807) is 24.3 Å². The summed E-state index contributed by atoms with van der Waals surface area (Å²) in [6.07, 6.45) is 0. The van der Waals surface area contributed by atoms with Gasteiger partial charge in [0.2, 0.25) is 0 Å². The van der Waals surface area contributed by atoms with Crippen molar-refractivity contribution < 1.29 is 9.53 Å². The fraction of sp³-hybridized carbons (Fsp3) is 0.0909. The van der Waals surface area contributed by atoms with Crippen molar-refractivity contribution >= 4 is 63.5 Å². The summed E-state index contributed by atoms with van der Waals surface area (Å²) in [6, 6.07) is 16.3. The number of carbonyl (C=O) groups excluding carboxylic acids is 1. The SMILES string of the molecule is Cc1cc(N)c2cc(NC(=O)c3sccc3COc3ccc(Cl)cc3)ccc2n1.Cl. The Morgan fingerprint density at radius 3 is 2.70 bits per heavy atom. The second-order valence-corrected chi connectivity index (χ2v) is 7.91. The summed E-state index contributed by atoms with van der Waals surface area (Å²) in [5.74, 6) is 0.507. The molecule has 1 amide bonds. The number of fused-ring (bicyclic) bond motifs is 1. The first kappa shape index (κ1) is 21.9. The third-order valence-corrected chi connectivity index (χ3v) is 5.60. The smallest absolute Gasteiger partial charge is 0.266 e. The van der Waals surface area contributed by atoms with Crippen LogP contribution in [0.3, 0.4) is 0 Å². The molecule has 2 aromatic carbocycles. The first-order chi connectivity index (χ1) is 14.0. The molecule has 0 atom stereocenters. The van der Waals surface area contributed by atoms with Gasteiger partial charge in [-0.25, -0.2) is 0 Å². The lowest BCUT2D eigenvalue weighted by molar-refractivity contribution is 0.102. The van der Waals surface area contributed by atoms with E-state index in [1.807, 2.05) is 42.6 Å². The van der Waals surface area contributed by atoms with Crippen LogP contribution in [0.1, 0.15) is 20.9 Å². The maximum absolute atomic E-state index is 12.8. The Labute approximate surface area is 189 Å². The molecule has 4 aromatic rings. The highest BCUT2D eigenvalue weighted by Gasteiger charge is 2.15. The molecule has 154 valence electrons. The van der Waals surface area contributed by atoms with Crippen molar-refractivity contribution in [2.45, 2.75) is 13.5 Å². The zero-order valence-corrected chi connectivity index (χ0v) is 18.4.